The highest BCUT2D eigenvalue weighted by atomic mass is 16.5. The average molecular weight is 452 g/mol. The van der Waals surface area contributed by atoms with E-state index in [4.69, 9.17) is 9.47 Å². The van der Waals surface area contributed by atoms with Crippen molar-refractivity contribution in [2.75, 3.05) is 19.5 Å². The Hall–Kier alpha value is -2.82. The van der Waals surface area contributed by atoms with Gasteiger partial charge in [-0.3, -0.25) is 9.59 Å². The van der Waals surface area contributed by atoms with E-state index >= 15 is 0 Å². The van der Waals surface area contributed by atoms with Crippen molar-refractivity contribution in [1.29, 1.82) is 0 Å². The van der Waals surface area contributed by atoms with Crippen LogP contribution in [0.25, 0.3) is 0 Å². The number of hydrogen-bond acceptors (Lipinski definition) is 4. The van der Waals surface area contributed by atoms with Crippen LogP contribution in [0.15, 0.2) is 42.5 Å². The van der Waals surface area contributed by atoms with E-state index < -0.39 is 0 Å². The van der Waals surface area contributed by atoms with E-state index in [9.17, 15) is 9.59 Å². The molecule has 0 aliphatic heterocycles. The molecule has 5 heteroatoms. The Balaban J connectivity index is 1.60. The number of aryl methyl sites for hydroxylation is 1. The van der Waals surface area contributed by atoms with Crippen LogP contribution >= 0.6 is 0 Å². The van der Waals surface area contributed by atoms with E-state index in [1.165, 1.54) is 5.56 Å². The van der Waals surface area contributed by atoms with Crippen molar-refractivity contribution in [2.45, 2.75) is 52.9 Å². The molecule has 0 heterocycles. The molecule has 0 aromatic heterocycles. The van der Waals surface area contributed by atoms with Crippen LogP contribution in [0.3, 0.4) is 0 Å². The molecule has 1 N–H and O–H groups in total. The first kappa shape index (κ1) is 24.8. The SMILES string of the molecule is COc1ccc(CC(=O)C2CCC(CC(=O)Nc3ccc(C)cc3)C(C(C)C)C2)cc1OC. The molecule has 1 fully saturated rings. The number of ketones is 1. The summed E-state index contributed by atoms with van der Waals surface area (Å²) < 4.78 is 10.7. The molecule has 0 saturated heterocycles. The minimum absolute atomic E-state index is 0.0434. The van der Waals surface area contributed by atoms with Gasteiger partial charge in [0.1, 0.15) is 5.78 Å². The Morgan fingerprint density at radius 2 is 1.70 bits per heavy atom. The lowest BCUT2D eigenvalue weighted by Crippen LogP contribution is -2.34. The standard InChI is InChI=1S/C28H37NO4/c1-18(2)24-16-22(25(30)14-20-8-13-26(32-4)27(15-20)33-5)10-9-21(24)17-28(31)29-23-11-6-19(3)7-12-23/h6-8,11-13,15,18,21-22,24H,9-10,14,16-17H2,1-5H3,(H,29,31). The number of carbonyl (C=O) groups excluding carboxylic acids is 2. The van der Waals surface area contributed by atoms with Crippen molar-refractivity contribution in [3.05, 3.63) is 53.6 Å². The number of anilines is 1. The lowest BCUT2D eigenvalue weighted by Gasteiger charge is -2.38. The fourth-order valence-corrected chi connectivity index (χ4v) is 5.05. The fraction of sp³-hybridized carbons (Fsp3) is 0.500. The smallest absolute Gasteiger partial charge is 0.224 e. The summed E-state index contributed by atoms with van der Waals surface area (Å²) in [4.78, 5) is 25.8. The number of nitrogens with one attached hydrogen (secondary N) is 1. The Morgan fingerprint density at radius 1 is 1.00 bits per heavy atom. The highest BCUT2D eigenvalue weighted by molar-refractivity contribution is 5.91. The van der Waals surface area contributed by atoms with E-state index in [-0.39, 0.29) is 17.6 Å². The predicted octanol–water partition coefficient (Wildman–Crippen LogP) is 5.84. The van der Waals surface area contributed by atoms with E-state index in [1.54, 1.807) is 14.2 Å². The first-order chi connectivity index (χ1) is 15.8. The van der Waals surface area contributed by atoms with Gasteiger partial charge in [-0.05, 0) is 73.8 Å². The number of Topliss-reactive ketones (excluding diaryl/α,β-unsaturated/α-hetero) is 1. The van der Waals surface area contributed by atoms with Crippen LogP contribution in [-0.2, 0) is 16.0 Å². The molecule has 3 atom stereocenters. The summed E-state index contributed by atoms with van der Waals surface area (Å²) in [6, 6.07) is 13.6. The molecular weight excluding hydrogens is 414 g/mol. The van der Waals surface area contributed by atoms with Crippen molar-refractivity contribution in [2.24, 2.45) is 23.7 Å². The lowest BCUT2D eigenvalue weighted by atomic mass is 9.67. The minimum Gasteiger partial charge on any atom is -0.493 e. The van der Waals surface area contributed by atoms with Gasteiger partial charge in [0.15, 0.2) is 11.5 Å². The van der Waals surface area contributed by atoms with Gasteiger partial charge in [0.25, 0.3) is 0 Å². The molecule has 1 amide bonds. The quantitative estimate of drug-likeness (QED) is 0.520. The molecule has 178 valence electrons. The Labute approximate surface area is 197 Å². The molecule has 3 unspecified atom stereocenters. The van der Waals surface area contributed by atoms with Gasteiger partial charge in [0.2, 0.25) is 5.91 Å². The molecule has 0 bridgehead atoms. The largest absolute Gasteiger partial charge is 0.493 e. The van der Waals surface area contributed by atoms with Gasteiger partial charge in [-0.25, -0.2) is 0 Å². The first-order valence-corrected chi connectivity index (χ1v) is 11.9. The summed E-state index contributed by atoms with van der Waals surface area (Å²) in [6.07, 6.45) is 3.51. The molecule has 3 rings (SSSR count). The summed E-state index contributed by atoms with van der Waals surface area (Å²) in [6.45, 7) is 6.44. The molecular formula is C28H37NO4. The van der Waals surface area contributed by atoms with Gasteiger partial charge >= 0.3 is 0 Å². The van der Waals surface area contributed by atoms with Crippen LogP contribution in [0.4, 0.5) is 5.69 Å². The van der Waals surface area contributed by atoms with Gasteiger partial charge in [0.05, 0.1) is 14.2 Å². The van der Waals surface area contributed by atoms with Crippen LogP contribution in [0.1, 0.15) is 50.7 Å². The molecule has 2 aromatic rings. The molecule has 0 spiro atoms. The summed E-state index contributed by atoms with van der Waals surface area (Å²) in [5.41, 5.74) is 2.95. The number of hydrogen-bond donors (Lipinski definition) is 1. The molecule has 5 nitrogen and oxygen atoms in total. The highest BCUT2D eigenvalue weighted by Gasteiger charge is 2.36. The van der Waals surface area contributed by atoms with Crippen LogP contribution < -0.4 is 14.8 Å². The zero-order valence-corrected chi connectivity index (χ0v) is 20.5. The maximum Gasteiger partial charge on any atom is 0.224 e. The molecule has 1 aliphatic rings. The number of benzene rings is 2. The number of amides is 1. The van der Waals surface area contributed by atoms with Crippen LogP contribution in [0.2, 0.25) is 0 Å². The molecule has 33 heavy (non-hydrogen) atoms. The summed E-state index contributed by atoms with van der Waals surface area (Å²) in [7, 11) is 3.21. The Morgan fingerprint density at radius 3 is 2.33 bits per heavy atom. The van der Waals surface area contributed by atoms with Crippen molar-refractivity contribution in [3.8, 4) is 11.5 Å². The zero-order valence-electron chi connectivity index (χ0n) is 20.5. The monoisotopic (exact) mass is 451 g/mol. The van der Waals surface area contributed by atoms with Crippen molar-refractivity contribution < 1.29 is 19.1 Å². The van der Waals surface area contributed by atoms with Gasteiger partial charge in [-0.15, -0.1) is 0 Å². The van der Waals surface area contributed by atoms with Gasteiger partial charge in [-0.1, -0.05) is 37.6 Å². The van der Waals surface area contributed by atoms with Crippen LogP contribution in [0.5, 0.6) is 11.5 Å². The number of carbonyl (C=O) groups is 2. The first-order valence-electron chi connectivity index (χ1n) is 11.9. The van der Waals surface area contributed by atoms with Crippen molar-refractivity contribution in [3.63, 3.8) is 0 Å². The average Bonchev–Trinajstić information content (AvgIpc) is 2.80. The number of rotatable bonds is 9. The molecule has 1 aliphatic carbocycles. The third-order valence-electron chi connectivity index (χ3n) is 6.97. The lowest BCUT2D eigenvalue weighted by molar-refractivity contribution is -0.124. The maximum atomic E-state index is 13.1. The molecule has 2 aromatic carbocycles. The fourth-order valence-electron chi connectivity index (χ4n) is 5.05. The second-order valence-electron chi connectivity index (χ2n) is 9.63. The summed E-state index contributed by atoms with van der Waals surface area (Å²) in [5, 5.41) is 3.03. The third-order valence-corrected chi connectivity index (χ3v) is 6.97. The van der Waals surface area contributed by atoms with Gasteiger partial charge in [0, 0.05) is 24.4 Å². The highest BCUT2D eigenvalue weighted by Crippen LogP contribution is 2.41. The second kappa shape index (κ2) is 11.4. The number of ether oxygens (including phenoxy) is 2. The molecule has 0 radical (unpaired) electrons. The predicted molar refractivity (Wildman–Crippen MR) is 132 cm³/mol. The zero-order chi connectivity index (χ0) is 24.0. The summed E-state index contributed by atoms with van der Waals surface area (Å²) >= 11 is 0. The van der Waals surface area contributed by atoms with Crippen LogP contribution in [0, 0.1) is 30.6 Å². The summed E-state index contributed by atoms with van der Waals surface area (Å²) in [5.74, 6) is 2.78. The van der Waals surface area contributed by atoms with Crippen molar-refractivity contribution >= 4 is 17.4 Å². The number of methoxy groups -OCH3 is 2. The maximum absolute atomic E-state index is 13.1. The molecule has 1 saturated carbocycles. The van der Waals surface area contributed by atoms with E-state index in [0.717, 1.165) is 30.5 Å². The van der Waals surface area contributed by atoms with E-state index in [0.29, 0.717) is 42.1 Å². The Bertz CT molecular complexity index is 951. The van der Waals surface area contributed by atoms with Crippen molar-refractivity contribution in [1.82, 2.24) is 0 Å². The van der Waals surface area contributed by atoms with Gasteiger partial charge in [-0.2, -0.15) is 0 Å². The van der Waals surface area contributed by atoms with Crippen LogP contribution in [-0.4, -0.2) is 25.9 Å². The van der Waals surface area contributed by atoms with E-state index in [2.05, 4.69) is 19.2 Å². The normalized spacial score (nSPS) is 20.4. The van der Waals surface area contributed by atoms with Gasteiger partial charge < -0.3 is 14.8 Å². The second-order valence-corrected chi connectivity index (χ2v) is 9.63. The topological polar surface area (TPSA) is 64.6 Å². The van der Waals surface area contributed by atoms with E-state index in [1.807, 2.05) is 49.4 Å². The third kappa shape index (κ3) is 6.59. The minimum atomic E-state index is 0.0434. The Kier molecular flexibility index (Phi) is 8.54.